The maximum atomic E-state index is 15.0. The molecule has 4 heterocycles. The summed E-state index contributed by atoms with van der Waals surface area (Å²) in [5.41, 5.74) is 2.43. The lowest BCUT2D eigenvalue weighted by Crippen LogP contribution is -2.49. The lowest BCUT2D eigenvalue weighted by atomic mass is 9.62. The molecule has 1 amide bonds. The van der Waals surface area contributed by atoms with Crippen molar-refractivity contribution in [3.63, 3.8) is 0 Å². The molecule has 4 unspecified atom stereocenters. The first-order valence-electron chi connectivity index (χ1n) is 14.2. The van der Waals surface area contributed by atoms with Crippen LogP contribution in [0.2, 0.25) is 0 Å². The number of amides is 1. The number of anilines is 1. The number of nitrogens with zero attached hydrogens (tertiary/aromatic N) is 1. The van der Waals surface area contributed by atoms with Gasteiger partial charge in [0.25, 0.3) is 0 Å². The SMILES string of the molecule is COc1ccc(C(=O)C2C(C(=O)c3ccc4c(c3)OCO4)C3(C(=O)Nc4ccccc43)C3c4ccccc4C=CN23)cc1Br. The van der Waals surface area contributed by atoms with Gasteiger partial charge in [-0.3, -0.25) is 14.4 Å². The molecule has 9 heteroatoms. The van der Waals surface area contributed by atoms with E-state index in [4.69, 9.17) is 14.2 Å². The molecular weight excluding hydrogens is 624 g/mol. The van der Waals surface area contributed by atoms with Crippen LogP contribution >= 0.6 is 15.9 Å². The highest BCUT2D eigenvalue weighted by Gasteiger charge is 2.70. The summed E-state index contributed by atoms with van der Waals surface area (Å²) in [6.07, 6.45) is 3.80. The summed E-state index contributed by atoms with van der Waals surface area (Å²) in [4.78, 5) is 46.3. The minimum Gasteiger partial charge on any atom is -0.496 e. The normalized spacial score (nSPS) is 23.6. The number of benzene rings is 4. The van der Waals surface area contributed by atoms with Crippen molar-refractivity contribution >= 4 is 45.2 Å². The molecule has 0 aromatic heterocycles. The molecule has 1 saturated heterocycles. The molecule has 4 aliphatic rings. The number of halogens is 1. The number of rotatable bonds is 5. The monoisotopic (exact) mass is 648 g/mol. The van der Waals surface area contributed by atoms with Crippen molar-refractivity contribution in [3.05, 3.63) is 123 Å². The van der Waals surface area contributed by atoms with E-state index in [1.54, 1.807) is 43.5 Å². The Balaban J connectivity index is 1.40. The van der Waals surface area contributed by atoms with E-state index in [0.29, 0.717) is 44.1 Å². The van der Waals surface area contributed by atoms with Crippen LogP contribution in [0.4, 0.5) is 5.69 Å². The van der Waals surface area contributed by atoms with Crippen LogP contribution in [0.3, 0.4) is 0 Å². The quantitative estimate of drug-likeness (QED) is 0.259. The van der Waals surface area contributed by atoms with Crippen LogP contribution in [0.25, 0.3) is 6.08 Å². The van der Waals surface area contributed by atoms with Gasteiger partial charge in [0.05, 0.1) is 23.5 Å². The number of nitrogens with one attached hydrogen (secondary N) is 1. The molecule has 218 valence electrons. The number of ether oxygens (including phenoxy) is 3. The lowest BCUT2D eigenvalue weighted by Gasteiger charge is -2.38. The summed E-state index contributed by atoms with van der Waals surface area (Å²) in [6, 6.07) is 23.8. The molecule has 1 spiro atoms. The van der Waals surface area contributed by atoms with Crippen molar-refractivity contribution in [3.8, 4) is 17.2 Å². The number of Topliss-reactive ketones (excluding diaryl/α,β-unsaturated/α-hetero) is 2. The van der Waals surface area contributed by atoms with E-state index in [-0.39, 0.29) is 24.3 Å². The van der Waals surface area contributed by atoms with Gasteiger partial charge < -0.3 is 24.4 Å². The first-order chi connectivity index (χ1) is 21.4. The summed E-state index contributed by atoms with van der Waals surface area (Å²) in [7, 11) is 1.55. The minimum absolute atomic E-state index is 0.0566. The summed E-state index contributed by atoms with van der Waals surface area (Å²) in [5, 5.41) is 3.07. The highest BCUT2D eigenvalue weighted by atomic mass is 79.9. The zero-order valence-corrected chi connectivity index (χ0v) is 25.0. The van der Waals surface area contributed by atoms with Crippen LogP contribution in [0.15, 0.2) is 95.6 Å². The summed E-state index contributed by atoms with van der Waals surface area (Å²) in [5.74, 6) is -0.464. The summed E-state index contributed by atoms with van der Waals surface area (Å²) < 4.78 is 17.1. The molecule has 0 aliphatic carbocycles. The second-order valence-corrected chi connectivity index (χ2v) is 12.1. The van der Waals surface area contributed by atoms with Gasteiger partial charge >= 0.3 is 0 Å². The molecule has 4 aromatic rings. The van der Waals surface area contributed by atoms with Gasteiger partial charge in [-0.05, 0) is 81.2 Å². The molecule has 4 atom stereocenters. The molecule has 4 aliphatic heterocycles. The van der Waals surface area contributed by atoms with Crippen LogP contribution in [0.1, 0.15) is 43.4 Å². The Morgan fingerprint density at radius 1 is 0.932 bits per heavy atom. The fourth-order valence-corrected chi connectivity index (χ4v) is 7.93. The standard InChI is InChI=1S/C35H25BrN2O6/c1-42-26-12-10-20(16-24(26)36)32(40)30-29(31(39)21-11-13-27-28(17-21)44-18-43-27)35(23-8-4-5-9-25(23)37-34(35)41)33-22-7-3-2-6-19(22)14-15-38(30)33/h2-17,29-30,33H,18H2,1H3,(H,37,41). The van der Waals surface area contributed by atoms with Crippen LogP contribution < -0.4 is 19.5 Å². The number of hydrogen-bond acceptors (Lipinski definition) is 7. The third-order valence-corrected chi connectivity index (χ3v) is 9.83. The van der Waals surface area contributed by atoms with E-state index in [2.05, 4.69) is 21.2 Å². The average Bonchev–Trinajstić information content (AvgIpc) is 3.73. The first-order valence-corrected chi connectivity index (χ1v) is 15.0. The van der Waals surface area contributed by atoms with Crippen LogP contribution in [-0.2, 0) is 10.2 Å². The molecule has 0 radical (unpaired) electrons. The average molecular weight is 649 g/mol. The first kappa shape index (κ1) is 26.7. The Bertz CT molecular complexity index is 1940. The minimum atomic E-state index is -1.42. The van der Waals surface area contributed by atoms with Gasteiger partial charge in [-0.15, -0.1) is 0 Å². The van der Waals surface area contributed by atoms with Crippen LogP contribution in [0.5, 0.6) is 17.2 Å². The van der Waals surface area contributed by atoms with Gasteiger partial charge in [-0.1, -0.05) is 42.5 Å². The van der Waals surface area contributed by atoms with Crippen molar-refractivity contribution in [2.24, 2.45) is 5.92 Å². The number of carbonyl (C=O) groups is 3. The Hall–Kier alpha value is -4.89. The largest absolute Gasteiger partial charge is 0.496 e. The third-order valence-electron chi connectivity index (χ3n) is 9.21. The Morgan fingerprint density at radius 2 is 1.68 bits per heavy atom. The fourth-order valence-electron chi connectivity index (χ4n) is 7.39. The van der Waals surface area contributed by atoms with Crippen molar-refractivity contribution in [1.29, 1.82) is 0 Å². The Kier molecular flexibility index (Phi) is 5.96. The summed E-state index contributed by atoms with van der Waals surface area (Å²) in [6.45, 7) is 0.0566. The van der Waals surface area contributed by atoms with E-state index in [9.17, 15) is 9.59 Å². The molecule has 1 fully saturated rings. The highest BCUT2D eigenvalue weighted by Crippen LogP contribution is 2.62. The van der Waals surface area contributed by atoms with E-state index in [0.717, 1.165) is 11.1 Å². The second-order valence-electron chi connectivity index (χ2n) is 11.2. The highest BCUT2D eigenvalue weighted by molar-refractivity contribution is 9.10. The molecule has 44 heavy (non-hydrogen) atoms. The number of methoxy groups -OCH3 is 1. The second kappa shape index (κ2) is 9.82. The van der Waals surface area contributed by atoms with E-state index in [1.807, 2.05) is 65.7 Å². The molecule has 4 aromatic carbocycles. The number of carbonyl (C=O) groups excluding carboxylic acids is 3. The van der Waals surface area contributed by atoms with Crippen molar-refractivity contribution in [2.75, 3.05) is 19.2 Å². The van der Waals surface area contributed by atoms with Gasteiger partial charge in [0.1, 0.15) is 17.2 Å². The van der Waals surface area contributed by atoms with Crippen LogP contribution in [-0.4, -0.2) is 42.3 Å². The molecule has 8 nitrogen and oxygen atoms in total. The van der Waals surface area contributed by atoms with Crippen molar-refractivity contribution < 1.29 is 28.6 Å². The zero-order chi connectivity index (χ0) is 30.2. The lowest BCUT2D eigenvalue weighted by molar-refractivity contribution is -0.122. The predicted molar refractivity (Wildman–Crippen MR) is 166 cm³/mol. The molecule has 8 rings (SSSR count). The maximum Gasteiger partial charge on any atom is 0.238 e. The van der Waals surface area contributed by atoms with E-state index >= 15 is 4.79 Å². The maximum absolute atomic E-state index is 15.0. The van der Waals surface area contributed by atoms with Crippen molar-refractivity contribution in [1.82, 2.24) is 4.90 Å². The van der Waals surface area contributed by atoms with Crippen molar-refractivity contribution in [2.45, 2.75) is 17.5 Å². The van der Waals surface area contributed by atoms with Gasteiger partial charge in [0.2, 0.25) is 12.7 Å². The molecule has 0 bridgehead atoms. The smallest absolute Gasteiger partial charge is 0.238 e. The predicted octanol–water partition coefficient (Wildman–Crippen LogP) is 6.17. The molecule has 1 N–H and O–H groups in total. The van der Waals surface area contributed by atoms with Gasteiger partial charge in [0, 0.05) is 23.0 Å². The number of fused-ring (bicyclic) bond motifs is 7. The van der Waals surface area contributed by atoms with E-state index < -0.39 is 23.4 Å². The molecular formula is C35H25BrN2O6. The molecule has 0 saturated carbocycles. The van der Waals surface area contributed by atoms with Gasteiger partial charge in [-0.25, -0.2) is 0 Å². The van der Waals surface area contributed by atoms with Crippen LogP contribution in [0, 0.1) is 5.92 Å². The number of para-hydroxylation sites is 1. The fraction of sp³-hybridized carbons (Fsp3) is 0.171. The van der Waals surface area contributed by atoms with Gasteiger partial charge in [-0.2, -0.15) is 0 Å². The van der Waals surface area contributed by atoms with Gasteiger partial charge in [0.15, 0.2) is 23.1 Å². The Morgan fingerprint density at radius 3 is 2.52 bits per heavy atom. The van der Waals surface area contributed by atoms with E-state index in [1.165, 1.54) is 0 Å². The third kappa shape index (κ3) is 3.59. The number of hydrogen-bond donors (Lipinski definition) is 1. The topological polar surface area (TPSA) is 94.2 Å². The number of ketones is 2. The summed E-state index contributed by atoms with van der Waals surface area (Å²) >= 11 is 3.51. The Labute approximate surface area is 261 Å². The zero-order valence-electron chi connectivity index (χ0n) is 23.5.